The van der Waals surface area contributed by atoms with Crippen LogP contribution in [0.4, 0.5) is 43.9 Å². The van der Waals surface area contributed by atoms with Crippen molar-refractivity contribution >= 4 is 70.9 Å². The van der Waals surface area contributed by atoms with E-state index in [1.807, 2.05) is 0 Å². The zero-order chi connectivity index (χ0) is 79.9. The minimum Gasteiger partial charge on any atom is -0.347 e. The van der Waals surface area contributed by atoms with E-state index in [4.69, 9.17) is 0 Å². The summed E-state index contributed by atoms with van der Waals surface area (Å²) >= 11 is 0. The van der Waals surface area contributed by atoms with Crippen molar-refractivity contribution < 1.29 is 101 Å². The first-order valence-electron chi connectivity index (χ1n) is 37.9. The summed E-state index contributed by atoms with van der Waals surface area (Å²) in [4.78, 5) is 189. The first-order valence-corrected chi connectivity index (χ1v) is 37.9. The molecule has 24 nitrogen and oxygen atoms in total. The fourth-order valence-electron chi connectivity index (χ4n) is 17.2. The maximum atomic E-state index is 16.2. The lowest BCUT2D eigenvalue weighted by Crippen LogP contribution is -2.65. The quantitative estimate of drug-likeness (QED) is 0.180. The second kappa shape index (κ2) is 36.2. The third kappa shape index (κ3) is 21.1. The summed E-state index contributed by atoms with van der Waals surface area (Å²) in [6.45, 7) is 3.77. The van der Waals surface area contributed by atoms with Crippen LogP contribution in [0.2, 0.25) is 0 Å². The molecule has 2 bridgehead atoms. The van der Waals surface area contributed by atoms with Crippen LogP contribution < -0.4 is 16.0 Å². The van der Waals surface area contributed by atoms with Gasteiger partial charge in [-0.25, -0.2) is 17.6 Å². The fourth-order valence-corrected chi connectivity index (χ4v) is 17.2. The molecule has 4 saturated carbocycles. The lowest BCUT2D eigenvalue weighted by atomic mass is 9.76. The van der Waals surface area contributed by atoms with E-state index in [0.29, 0.717) is 37.0 Å². The van der Waals surface area contributed by atoms with Crippen LogP contribution in [-0.4, -0.2) is 282 Å². The Balaban J connectivity index is 1.32. The largest absolute Gasteiger partial charge is 0.397 e. The van der Waals surface area contributed by atoms with Crippen LogP contribution in [-0.2, 0) is 57.5 Å². The Morgan fingerprint density at radius 2 is 1.19 bits per heavy atom. The summed E-state index contributed by atoms with van der Waals surface area (Å²) in [5.74, 6) is -22.7. The molecule has 0 aromatic carbocycles. The Morgan fingerprint density at radius 3 is 1.75 bits per heavy atom. The summed E-state index contributed by atoms with van der Waals surface area (Å²) in [5, 5.41) is 7.93. The number of carbonyl (C=O) groups excluding carboxylic acids is 12. The van der Waals surface area contributed by atoms with Gasteiger partial charge in [0.05, 0.1) is 32.0 Å². The predicted molar refractivity (Wildman–Crippen MR) is 371 cm³/mol. The van der Waals surface area contributed by atoms with E-state index in [-0.39, 0.29) is 95.9 Å². The number of carbonyl (C=O) groups is 12. The van der Waals surface area contributed by atoms with Gasteiger partial charge < -0.3 is 60.0 Å². The monoisotopic (exact) mass is 1540 g/mol. The molecule has 7 aliphatic rings. The first kappa shape index (κ1) is 87.2. The number of hydrogen-bond acceptors (Lipinski definition) is 12. The molecule has 0 radical (unpaired) electrons. The van der Waals surface area contributed by atoms with Crippen LogP contribution in [0, 0.1) is 41.4 Å². The summed E-state index contributed by atoms with van der Waals surface area (Å²) in [6.07, 6.45) is -17.9. The summed E-state index contributed by atoms with van der Waals surface area (Å²) in [5.41, 5.74) is -1.93. The number of rotatable bonds is 11. The highest BCUT2D eigenvalue weighted by Gasteiger charge is 2.57. The minimum absolute atomic E-state index is 0.0245. The summed E-state index contributed by atoms with van der Waals surface area (Å²) in [6, 6.07) is -12.5. The molecule has 3 saturated heterocycles. The Hall–Kier alpha value is -7.06. The minimum atomic E-state index is -5.28. The third-order valence-corrected chi connectivity index (χ3v) is 23.8. The number of fused-ring (bicyclic) bond motifs is 3. The van der Waals surface area contributed by atoms with Crippen molar-refractivity contribution in [3.05, 3.63) is 0 Å². The van der Waals surface area contributed by atoms with Gasteiger partial charge in [0, 0.05) is 69.3 Å². The summed E-state index contributed by atoms with van der Waals surface area (Å²) in [7, 11) is 10.5. The standard InChI is InChI=1S/C73H112F10N12O12/c1-13-42(4)59-67(105)89(8)39-57(98)90(9)50-22-16-19-31-94(66(50)104)53(35-43-23-26-46(27-24-43)72(78,79)80)65(103)88(7)38-55(96)84-49(28-25-44-33-47(74)58(48(75)34-44)73(81,82)83)63(101)95-40-71(76,77)37-54(95)62(100)86-70(29-17-18-30-70)69(107)93(12)60(45-20-14-15-21-45)68(106)92(11)52(64(102)87(5)6)36-56(97)91(10)51(32-41(2)3)61(99)85-59/h41-54,58-60H,13-40H2,1-12H3,(H,84,96)(H,85,99)(H,86,100)/t42-,43?,44?,46?,47?,48?,49-,50-,51-,52-,53-,54-,58?,59-,60-/m0/s1. The van der Waals surface area contributed by atoms with E-state index in [1.54, 1.807) is 27.7 Å². The van der Waals surface area contributed by atoms with Crippen LogP contribution in [0.1, 0.15) is 182 Å². The van der Waals surface area contributed by atoms with E-state index >= 15 is 46.3 Å². The number of hydrogen-bond donors (Lipinski definition) is 3. The van der Waals surface area contributed by atoms with Gasteiger partial charge in [0.2, 0.25) is 70.9 Å². The van der Waals surface area contributed by atoms with Crippen LogP contribution >= 0.6 is 0 Å². The highest BCUT2D eigenvalue weighted by molar-refractivity contribution is 6.01. The van der Waals surface area contributed by atoms with Crippen LogP contribution in [0.3, 0.4) is 0 Å². The molecule has 3 N–H and O–H groups in total. The van der Waals surface area contributed by atoms with E-state index in [2.05, 4.69) is 16.0 Å². The average Bonchev–Trinajstić information content (AvgIpc) is 1.68. The van der Waals surface area contributed by atoms with E-state index < -0.39 is 249 Å². The Morgan fingerprint density at radius 1 is 0.598 bits per heavy atom. The van der Waals surface area contributed by atoms with Gasteiger partial charge in [-0.15, -0.1) is 0 Å². The number of amides is 12. The molecule has 1 spiro atoms. The van der Waals surface area contributed by atoms with Crippen LogP contribution in [0.15, 0.2) is 0 Å². The summed E-state index contributed by atoms with van der Waals surface area (Å²) < 4.78 is 147. The molecular formula is C73H112F10N12O12. The molecule has 107 heavy (non-hydrogen) atoms. The number of alkyl halides is 10. The number of nitrogens with zero attached hydrogens (tertiary/aromatic N) is 9. The first-order chi connectivity index (χ1) is 49.8. The topological polar surface area (TPSA) is 270 Å². The SMILES string of the molecule is CC[C@H](C)[C@@H]1NC(=O)[C@H](CC(C)C)N(C)C(=O)C[C@@H](C(=O)N(C)C)N(C)C(=O)[C@H](C2CCCC2)N(C)C(=O)C2(CCCC2)NC(=O)[C@@H]2CC(F)(F)CN2C(=O)[C@H](CCC2CC(F)C(C(F)(F)F)C(F)C2)NC(=O)CN(C)C(=O)[C@H](CC2CCC(C(F)(F)F)CC2)N2CCCC[C@@H](C2=O)N(C)C(=O)CN(C)C1=O. The maximum Gasteiger partial charge on any atom is 0.397 e. The van der Waals surface area contributed by atoms with Gasteiger partial charge in [-0.1, -0.05) is 59.8 Å². The highest BCUT2D eigenvalue weighted by Crippen LogP contribution is 2.46. The Labute approximate surface area is 620 Å². The van der Waals surface area contributed by atoms with Gasteiger partial charge in [-0.2, -0.15) is 26.3 Å². The van der Waals surface area contributed by atoms with Crippen molar-refractivity contribution in [1.29, 1.82) is 0 Å². The molecule has 7 rings (SSSR count). The second-order valence-electron chi connectivity index (χ2n) is 32.2. The predicted octanol–water partition coefficient (Wildman–Crippen LogP) is 6.81. The van der Waals surface area contributed by atoms with Crippen molar-refractivity contribution in [3.8, 4) is 0 Å². The van der Waals surface area contributed by atoms with Gasteiger partial charge in [-0.05, 0) is 139 Å². The molecule has 3 aliphatic heterocycles. The van der Waals surface area contributed by atoms with Gasteiger partial charge >= 0.3 is 12.4 Å². The number of likely N-dealkylation sites (N-methyl/N-ethyl adjacent to an activating group) is 7. The fraction of sp³-hybridized carbons (Fsp3) is 0.836. The Kier molecular flexibility index (Phi) is 29.5. The molecule has 2 unspecified atom stereocenters. The lowest BCUT2D eigenvalue weighted by molar-refractivity contribution is -0.219. The van der Waals surface area contributed by atoms with E-state index in [9.17, 15) is 55.1 Å². The van der Waals surface area contributed by atoms with Gasteiger partial charge in [0.15, 0.2) is 0 Å². The molecular weight excluding hydrogens is 1430 g/mol. The molecule has 34 heteroatoms. The van der Waals surface area contributed by atoms with Crippen LogP contribution in [0.5, 0.6) is 0 Å². The van der Waals surface area contributed by atoms with E-state index in [1.165, 1.54) is 54.2 Å². The lowest BCUT2D eigenvalue weighted by Gasteiger charge is -2.42. The van der Waals surface area contributed by atoms with Crippen molar-refractivity contribution in [3.63, 3.8) is 0 Å². The zero-order valence-electron chi connectivity index (χ0n) is 63.8. The van der Waals surface area contributed by atoms with Crippen molar-refractivity contribution in [1.82, 2.24) is 60.0 Å². The molecule has 4 aliphatic carbocycles. The van der Waals surface area contributed by atoms with Crippen molar-refractivity contribution in [2.45, 2.75) is 266 Å². The second-order valence-corrected chi connectivity index (χ2v) is 32.2. The maximum absolute atomic E-state index is 16.2. The van der Waals surface area contributed by atoms with E-state index in [0.717, 1.165) is 41.3 Å². The number of nitrogens with one attached hydrogen (secondary N) is 3. The van der Waals surface area contributed by atoms with Gasteiger partial charge in [0.1, 0.15) is 72.1 Å². The molecule has 11 atom stereocenters. The van der Waals surface area contributed by atoms with Gasteiger partial charge in [-0.3, -0.25) is 57.5 Å². The van der Waals surface area contributed by atoms with Gasteiger partial charge in [0.25, 0.3) is 5.92 Å². The third-order valence-electron chi connectivity index (χ3n) is 23.8. The molecule has 606 valence electrons. The molecule has 7 fully saturated rings. The average molecular weight is 1540 g/mol. The molecule has 3 heterocycles. The zero-order valence-corrected chi connectivity index (χ0v) is 63.8. The Bertz CT molecular complexity index is 3190. The van der Waals surface area contributed by atoms with Crippen molar-refractivity contribution in [2.75, 3.05) is 82.6 Å². The molecule has 0 aromatic rings. The van der Waals surface area contributed by atoms with Crippen molar-refractivity contribution in [2.24, 2.45) is 41.4 Å². The number of halogens is 10. The normalized spacial score (nSPS) is 31.8. The molecule has 12 amide bonds. The highest BCUT2D eigenvalue weighted by atomic mass is 19.4. The smallest absolute Gasteiger partial charge is 0.347 e. The molecule has 0 aromatic heterocycles. The van der Waals surface area contributed by atoms with Crippen LogP contribution in [0.25, 0.3) is 0 Å².